The van der Waals surface area contributed by atoms with Crippen LogP contribution in [0.4, 0.5) is 0 Å². The van der Waals surface area contributed by atoms with Crippen LogP contribution < -0.4 is 0 Å². The van der Waals surface area contributed by atoms with E-state index in [2.05, 4.69) is 23.9 Å². The Bertz CT molecular complexity index is 852. The van der Waals surface area contributed by atoms with Crippen LogP contribution in [0, 0.1) is 0 Å². The van der Waals surface area contributed by atoms with E-state index in [0.717, 1.165) is 11.3 Å². The van der Waals surface area contributed by atoms with Crippen LogP contribution in [0.3, 0.4) is 0 Å². The molecule has 0 saturated heterocycles. The molecular weight excluding hydrogens is 324 g/mol. The summed E-state index contributed by atoms with van der Waals surface area (Å²) in [7, 11) is 1.84. The maximum Gasteiger partial charge on any atom is 0.254 e. The fourth-order valence-corrected chi connectivity index (χ4v) is 2.86. The normalized spacial score (nSPS) is 12.2. The lowest BCUT2D eigenvalue weighted by Crippen LogP contribution is -2.29. The first-order valence-corrected chi connectivity index (χ1v) is 8.79. The van der Waals surface area contributed by atoms with E-state index < -0.39 is 0 Å². The van der Waals surface area contributed by atoms with Gasteiger partial charge in [-0.2, -0.15) is 5.10 Å². The first kappa shape index (κ1) is 17.9. The fraction of sp³-hybridized carbons (Fsp3) is 0.286. The van der Waals surface area contributed by atoms with Gasteiger partial charge in [-0.3, -0.25) is 4.79 Å². The first-order valence-electron chi connectivity index (χ1n) is 8.79. The summed E-state index contributed by atoms with van der Waals surface area (Å²) in [5.41, 5.74) is 3.96. The molecule has 5 heteroatoms. The molecule has 0 fully saturated rings. The molecule has 0 radical (unpaired) electrons. The predicted octanol–water partition coefficient (Wildman–Crippen LogP) is 4.22. The minimum atomic E-state index is -0.0305. The topological polar surface area (TPSA) is 51.0 Å². The Balaban J connectivity index is 1.74. The van der Waals surface area contributed by atoms with Crippen LogP contribution in [0.1, 0.15) is 54.2 Å². The number of amides is 1. The monoisotopic (exact) mass is 348 g/mol. The van der Waals surface area contributed by atoms with E-state index in [9.17, 15) is 4.79 Å². The molecule has 0 aliphatic rings. The lowest BCUT2D eigenvalue weighted by Gasteiger charge is -2.26. The van der Waals surface area contributed by atoms with Crippen molar-refractivity contribution in [3.8, 4) is 5.69 Å². The zero-order valence-electron chi connectivity index (χ0n) is 15.6. The summed E-state index contributed by atoms with van der Waals surface area (Å²) in [5, 5.41) is 4.12. The SMILES string of the molecule is CC(C)c1ccc(C(=O)N(C)[C@H](C)c2ccc(-n3cncn3)cc2)cc1. The van der Waals surface area contributed by atoms with Gasteiger partial charge in [0.1, 0.15) is 12.7 Å². The van der Waals surface area contributed by atoms with Crippen molar-refractivity contribution in [1.82, 2.24) is 19.7 Å². The summed E-state index contributed by atoms with van der Waals surface area (Å²) in [6.07, 6.45) is 3.17. The summed E-state index contributed by atoms with van der Waals surface area (Å²) in [6.45, 7) is 6.33. The predicted molar refractivity (Wildman–Crippen MR) is 102 cm³/mol. The van der Waals surface area contributed by atoms with Crippen LogP contribution >= 0.6 is 0 Å². The number of hydrogen-bond acceptors (Lipinski definition) is 3. The summed E-state index contributed by atoms with van der Waals surface area (Å²) < 4.78 is 1.71. The van der Waals surface area contributed by atoms with Crippen LogP contribution in [0.15, 0.2) is 61.2 Å². The molecule has 0 aliphatic heterocycles. The van der Waals surface area contributed by atoms with Crippen LogP contribution in [0.2, 0.25) is 0 Å². The Morgan fingerprint density at radius 1 is 0.962 bits per heavy atom. The van der Waals surface area contributed by atoms with Gasteiger partial charge in [0.15, 0.2) is 0 Å². The van der Waals surface area contributed by atoms with Gasteiger partial charge in [0.25, 0.3) is 5.91 Å². The van der Waals surface area contributed by atoms with Crippen molar-refractivity contribution in [3.63, 3.8) is 0 Å². The molecule has 0 bridgehead atoms. The number of carbonyl (C=O) groups is 1. The molecule has 3 aromatic rings. The highest BCUT2D eigenvalue weighted by atomic mass is 16.2. The summed E-state index contributed by atoms with van der Waals surface area (Å²) in [4.78, 5) is 18.5. The highest BCUT2D eigenvalue weighted by Gasteiger charge is 2.19. The molecule has 0 saturated carbocycles. The Hall–Kier alpha value is -2.95. The Morgan fingerprint density at radius 3 is 2.12 bits per heavy atom. The number of carbonyl (C=O) groups excluding carboxylic acids is 1. The van der Waals surface area contributed by atoms with Gasteiger partial charge in [0, 0.05) is 12.6 Å². The molecule has 2 aromatic carbocycles. The minimum Gasteiger partial charge on any atom is -0.335 e. The van der Waals surface area contributed by atoms with Gasteiger partial charge in [-0.1, -0.05) is 38.1 Å². The lowest BCUT2D eigenvalue weighted by molar-refractivity contribution is 0.0742. The molecular formula is C21H24N4O. The van der Waals surface area contributed by atoms with Crippen molar-refractivity contribution in [1.29, 1.82) is 0 Å². The van der Waals surface area contributed by atoms with Gasteiger partial charge in [-0.25, -0.2) is 9.67 Å². The third-order valence-electron chi connectivity index (χ3n) is 4.78. The molecule has 26 heavy (non-hydrogen) atoms. The van der Waals surface area contributed by atoms with Gasteiger partial charge < -0.3 is 4.90 Å². The molecule has 0 aliphatic carbocycles. The maximum absolute atomic E-state index is 12.8. The number of aromatic nitrogens is 3. The van der Waals surface area contributed by atoms with E-state index in [1.54, 1.807) is 15.9 Å². The van der Waals surface area contributed by atoms with Crippen molar-refractivity contribution in [2.75, 3.05) is 7.05 Å². The molecule has 0 N–H and O–H groups in total. The largest absolute Gasteiger partial charge is 0.335 e. The average Bonchev–Trinajstić information content (AvgIpc) is 3.21. The number of hydrogen-bond donors (Lipinski definition) is 0. The molecule has 5 nitrogen and oxygen atoms in total. The molecule has 134 valence electrons. The van der Waals surface area contributed by atoms with E-state index in [4.69, 9.17) is 0 Å². The van der Waals surface area contributed by atoms with E-state index >= 15 is 0 Å². The van der Waals surface area contributed by atoms with Crippen LogP contribution in [-0.2, 0) is 0 Å². The van der Waals surface area contributed by atoms with Crippen molar-refractivity contribution >= 4 is 5.91 Å². The molecule has 1 heterocycles. The van der Waals surface area contributed by atoms with Gasteiger partial charge >= 0.3 is 0 Å². The second kappa shape index (κ2) is 7.52. The number of rotatable bonds is 5. The van der Waals surface area contributed by atoms with Gasteiger partial charge in [0.2, 0.25) is 0 Å². The molecule has 3 rings (SSSR count). The molecule has 1 amide bonds. The lowest BCUT2D eigenvalue weighted by atomic mass is 10.0. The van der Waals surface area contributed by atoms with Crippen molar-refractivity contribution < 1.29 is 4.79 Å². The second-order valence-electron chi connectivity index (χ2n) is 6.80. The van der Waals surface area contributed by atoms with Crippen LogP contribution in [0.25, 0.3) is 5.69 Å². The van der Waals surface area contributed by atoms with E-state index in [1.807, 2.05) is 62.5 Å². The Labute approximate surface area is 154 Å². The fourth-order valence-electron chi connectivity index (χ4n) is 2.86. The summed E-state index contributed by atoms with van der Waals surface area (Å²) in [5.74, 6) is 0.479. The third-order valence-corrected chi connectivity index (χ3v) is 4.78. The zero-order chi connectivity index (χ0) is 18.7. The van der Waals surface area contributed by atoms with Crippen molar-refractivity contribution in [2.24, 2.45) is 0 Å². The number of benzene rings is 2. The standard InChI is InChI=1S/C21H24N4O/c1-15(2)17-5-7-19(8-6-17)21(26)24(4)16(3)18-9-11-20(12-10-18)25-14-22-13-23-25/h5-16H,1-4H3/t16-/m1/s1. The minimum absolute atomic E-state index is 0.0214. The quantitative estimate of drug-likeness (QED) is 0.693. The maximum atomic E-state index is 12.8. The average molecular weight is 348 g/mol. The van der Waals surface area contributed by atoms with Gasteiger partial charge in [-0.05, 0) is 48.2 Å². The Morgan fingerprint density at radius 2 is 1.58 bits per heavy atom. The smallest absolute Gasteiger partial charge is 0.254 e. The van der Waals surface area contributed by atoms with Crippen LogP contribution in [0.5, 0.6) is 0 Å². The van der Waals surface area contributed by atoms with Gasteiger partial charge in [-0.15, -0.1) is 0 Å². The molecule has 1 atom stereocenters. The van der Waals surface area contributed by atoms with E-state index in [-0.39, 0.29) is 11.9 Å². The second-order valence-corrected chi connectivity index (χ2v) is 6.80. The molecule has 1 aromatic heterocycles. The molecule has 0 unspecified atom stereocenters. The van der Waals surface area contributed by atoms with Gasteiger partial charge in [0.05, 0.1) is 11.7 Å². The zero-order valence-corrected chi connectivity index (χ0v) is 15.6. The highest BCUT2D eigenvalue weighted by molar-refractivity contribution is 5.94. The van der Waals surface area contributed by atoms with Crippen molar-refractivity contribution in [3.05, 3.63) is 77.9 Å². The summed E-state index contributed by atoms with van der Waals surface area (Å²) >= 11 is 0. The third kappa shape index (κ3) is 3.67. The summed E-state index contributed by atoms with van der Waals surface area (Å²) in [6, 6.07) is 15.9. The highest BCUT2D eigenvalue weighted by Crippen LogP contribution is 2.23. The van der Waals surface area contributed by atoms with E-state index in [0.29, 0.717) is 11.5 Å². The molecule has 0 spiro atoms. The number of nitrogens with zero attached hydrogens (tertiary/aromatic N) is 4. The Kier molecular flexibility index (Phi) is 5.16. The first-order chi connectivity index (χ1) is 12.5. The van der Waals surface area contributed by atoms with Crippen molar-refractivity contribution in [2.45, 2.75) is 32.7 Å². The van der Waals surface area contributed by atoms with Crippen LogP contribution in [-0.4, -0.2) is 32.6 Å². The van der Waals surface area contributed by atoms with E-state index in [1.165, 1.54) is 11.9 Å².